The quantitative estimate of drug-likeness (QED) is 0.859. The van der Waals surface area contributed by atoms with E-state index in [1.165, 1.54) is 19.9 Å². The van der Waals surface area contributed by atoms with Crippen LogP contribution in [0.5, 0.6) is 0 Å². The van der Waals surface area contributed by atoms with Crippen molar-refractivity contribution in [3.05, 3.63) is 29.1 Å². The van der Waals surface area contributed by atoms with Gasteiger partial charge >= 0.3 is 0 Å². The van der Waals surface area contributed by atoms with E-state index < -0.39 is 11.9 Å². The maximum Gasteiger partial charge on any atom is 0.221 e. The fourth-order valence-electron chi connectivity index (χ4n) is 2.43. The second-order valence-corrected chi connectivity index (χ2v) is 4.82. The molecule has 0 radical (unpaired) electrons. The maximum atomic E-state index is 13.5. The molecule has 0 bridgehead atoms. The van der Waals surface area contributed by atoms with Gasteiger partial charge in [-0.3, -0.25) is 14.4 Å². The van der Waals surface area contributed by atoms with Gasteiger partial charge in [0.2, 0.25) is 11.8 Å². The molecule has 5 nitrogen and oxygen atoms in total. The van der Waals surface area contributed by atoms with Crippen LogP contribution in [0, 0.1) is 5.82 Å². The SMILES string of the molecule is CC(=O)Nc1cc(F)cc2c1C(=O)C(NC(C)=O)CC2. The number of aryl methyl sites for hydroxylation is 1. The normalized spacial score (nSPS) is 17.4. The molecule has 1 unspecified atom stereocenters. The molecular weight excluding hydrogens is 263 g/mol. The van der Waals surface area contributed by atoms with E-state index in [0.29, 0.717) is 18.4 Å². The highest BCUT2D eigenvalue weighted by Crippen LogP contribution is 2.29. The molecule has 0 aliphatic heterocycles. The highest BCUT2D eigenvalue weighted by molar-refractivity contribution is 6.10. The van der Waals surface area contributed by atoms with E-state index >= 15 is 0 Å². The summed E-state index contributed by atoms with van der Waals surface area (Å²) in [6.45, 7) is 2.62. The molecule has 0 spiro atoms. The van der Waals surface area contributed by atoms with Gasteiger partial charge in [-0.1, -0.05) is 0 Å². The van der Waals surface area contributed by atoms with Crippen molar-refractivity contribution in [3.63, 3.8) is 0 Å². The molecule has 0 heterocycles. The van der Waals surface area contributed by atoms with Gasteiger partial charge in [-0.25, -0.2) is 4.39 Å². The second-order valence-electron chi connectivity index (χ2n) is 4.82. The van der Waals surface area contributed by atoms with Gasteiger partial charge in [0.1, 0.15) is 5.82 Å². The van der Waals surface area contributed by atoms with Crippen LogP contribution >= 0.6 is 0 Å². The summed E-state index contributed by atoms with van der Waals surface area (Å²) in [6.07, 6.45) is 0.894. The molecule has 0 fully saturated rings. The number of carbonyl (C=O) groups is 3. The van der Waals surface area contributed by atoms with Crippen LogP contribution in [-0.4, -0.2) is 23.6 Å². The minimum atomic E-state index is -0.627. The smallest absolute Gasteiger partial charge is 0.221 e. The molecule has 1 aliphatic rings. The van der Waals surface area contributed by atoms with Crippen molar-refractivity contribution in [2.75, 3.05) is 5.32 Å². The van der Waals surface area contributed by atoms with Crippen LogP contribution in [0.25, 0.3) is 0 Å². The number of amides is 2. The third kappa shape index (κ3) is 2.84. The molecule has 1 atom stereocenters. The Labute approximate surface area is 115 Å². The number of fused-ring (bicyclic) bond motifs is 1. The molecule has 2 amide bonds. The third-order valence-corrected chi connectivity index (χ3v) is 3.14. The van der Waals surface area contributed by atoms with E-state index in [1.54, 1.807) is 0 Å². The van der Waals surface area contributed by atoms with E-state index in [9.17, 15) is 18.8 Å². The molecule has 0 saturated carbocycles. The molecule has 6 heteroatoms. The van der Waals surface area contributed by atoms with Crippen LogP contribution in [-0.2, 0) is 16.0 Å². The highest BCUT2D eigenvalue weighted by atomic mass is 19.1. The molecular formula is C14H15FN2O3. The van der Waals surface area contributed by atoms with Crippen LogP contribution in [0.4, 0.5) is 10.1 Å². The Kier molecular flexibility index (Phi) is 3.83. The van der Waals surface area contributed by atoms with Gasteiger partial charge in [-0.15, -0.1) is 0 Å². The highest BCUT2D eigenvalue weighted by Gasteiger charge is 2.31. The lowest BCUT2D eigenvalue weighted by Gasteiger charge is -2.25. The average Bonchev–Trinajstić information content (AvgIpc) is 2.31. The number of halogens is 1. The first-order valence-corrected chi connectivity index (χ1v) is 6.30. The Hall–Kier alpha value is -2.24. The van der Waals surface area contributed by atoms with E-state index in [0.717, 1.165) is 6.07 Å². The number of hydrogen-bond acceptors (Lipinski definition) is 3. The van der Waals surface area contributed by atoms with Crippen LogP contribution in [0.2, 0.25) is 0 Å². The first kappa shape index (κ1) is 14.2. The van der Waals surface area contributed by atoms with Crippen LogP contribution in [0.1, 0.15) is 36.2 Å². The molecule has 1 aliphatic carbocycles. The number of anilines is 1. The standard InChI is InChI=1S/C14H15FN2O3/c1-7(18)16-11-4-3-9-5-10(15)6-12(17-8(2)19)13(9)14(11)20/h5-6,11H,3-4H2,1-2H3,(H,16,18)(H,17,19). The Morgan fingerprint density at radius 3 is 2.55 bits per heavy atom. The minimum Gasteiger partial charge on any atom is -0.346 e. The first-order chi connectivity index (χ1) is 9.38. The lowest BCUT2D eigenvalue weighted by molar-refractivity contribution is -0.119. The van der Waals surface area contributed by atoms with Gasteiger partial charge in [0, 0.05) is 19.4 Å². The molecule has 2 rings (SSSR count). The van der Waals surface area contributed by atoms with Crippen molar-refractivity contribution in [1.82, 2.24) is 5.32 Å². The molecule has 2 N–H and O–H groups in total. The van der Waals surface area contributed by atoms with E-state index in [-0.39, 0.29) is 28.8 Å². The Bertz CT molecular complexity index is 598. The topological polar surface area (TPSA) is 75.3 Å². The van der Waals surface area contributed by atoms with Crippen molar-refractivity contribution in [2.24, 2.45) is 0 Å². The fraction of sp³-hybridized carbons (Fsp3) is 0.357. The fourth-order valence-corrected chi connectivity index (χ4v) is 2.43. The van der Waals surface area contributed by atoms with Crippen molar-refractivity contribution >= 4 is 23.3 Å². The number of carbonyl (C=O) groups excluding carboxylic acids is 3. The van der Waals surface area contributed by atoms with Crippen molar-refractivity contribution in [3.8, 4) is 0 Å². The summed E-state index contributed by atoms with van der Waals surface area (Å²) >= 11 is 0. The Morgan fingerprint density at radius 2 is 1.95 bits per heavy atom. The average molecular weight is 278 g/mol. The summed E-state index contributed by atoms with van der Waals surface area (Å²) in [5.74, 6) is -1.48. The van der Waals surface area contributed by atoms with E-state index in [2.05, 4.69) is 10.6 Å². The monoisotopic (exact) mass is 278 g/mol. The third-order valence-electron chi connectivity index (χ3n) is 3.14. The summed E-state index contributed by atoms with van der Waals surface area (Å²) < 4.78 is 13.5. The van der Waals surface area contributed by atoms with Crippen molar-refractivity contribution in [1.29, 1.82) is 0 Å². The number of Topliss-reactive ketones (excluding diaryl/α,β-unsaturated/α-hetero) is 1. The lowest BCUT2D eigenvalue weighted by Crippen LogP contribution is -2.43. The van der Waals surface area contributed by atoms with E-state index in [1.807, 2.05) is 0 Å². The largest absolute Gasteiger partial charge is 0.346 e. The molecule has 1 aromatic carbocycles. The van der Waals surface area contributed by atoms with Gasteiger partial charge in [0.05, 0.1) is 11.7 Å². The molecule has 1 aromatic rings. The van der Waals surface area contributed by atoms with Crippen molar-refractivity contribution in [2.45, 2.75) is 32.7 Å². The van der Waals surface area contributed by atoms with Gasteiger partial charge in [-0.2, -0.15) is 0 Å². The maximum absolute atomic E-state index is 13.5. The molecule has 0 aromatic heterocycles. The summed E-state index contributed by atoms with van der Waals surface area (Å²) in [5.41, 5.74) is 1.000. The summed E-state index contributed by atoms with van der Waals surface area (Å²) in [7, 11) is 0. The van der Waals surface area contributed by atoms with Gasteiger partial charge in [0.25, 0.3) is 0 Å². The zero-order valence-corrected chi connectivity index (χ0v) is 11.2. The zero-order valence-electron chi connectivity index (χ0n) is 11.2. The van der Waals surface area contributed by atoms with Crippen molar-refractivity contribution < 1.29 is 18.8 Å². The van der Waals surface area contributed by atoms with Gasteiger partial charge in [-0.05, 0) is 30.5 Å². The Morgan fingerprint density at radius 1 is 1.25 bits per heavy atom. The summed E-state index contributed by atoms with van der Waals surface area (Å²) in [6, 6.07) is 1.79. The molecule has 20 heavy (non-hydrogen) atoms. The van der Waals surface area contributed by atoms with Crippen LogP contribution in [0.3, 0.4) is 0 Å². The summed E-state index contributed by atoms with van der Waals surface area (Å²) in [4.78, 5) is 34.6. The zero-order chi connectivity index (χ0) is 14.9. The number of rotatable bonds is 2. The number of hydrogen-bond donors (Lipinski definition) is 2. The van der Waals surface area contributed by atoms with Gasteiger partial charge < -0.3 is 10.6 Å². The number of ketones is 1. The van der Waals surface area contributed by atoms with E-state index in [4.69, 9.17) is 0 Å². The lowest BCUT2D eigenvalue weighted by atomic mass is 9.85. The predicted molar refractivity (Wildman–Crippen MR) is 71.0 cm³/mol. The van der Waals surface area contributed by atoms with Gasteiger partial charge in [0.15, 0.2) is 5.78 Å². The molecule has 106 valence electrons. The van der Waals surface area contributed by atoms with Crippen LogP contribution < -0.4 is 10.6 Å². The predicted octanol–water partition coefficient (Wildman–Crippen LogP) is 1.42. The Balaban J connectivity index is 2.44. The minimum absolute atomic E-state index is 0.160. The first-order valence-electron chi connectivity index (χ1n) is 6.30. The number of benzene rings is 1. The summed E-state index contributed by atoms with van der Waals surface area (Å²) in [5, 5.41) is 5.04. The van der Waals surface area contributed by atoms with Crippen LogP contribution in [0.15, 0.2) is 12.1 Å². The number of nitrogens with one attached hydrogen (secondary N) is 2. The molecule has 0 saturated heterocycles. The second kappa shape index (κ2) is 5.40.